The fourth-order valence-electron chi connectivity index (χ4n) is 3.62. The molecule has 0 aliphatic carbocycles. The maximum atomic E-state index is 12.9. The minimum atomic E-state index is 0.0757. The predicted octanol–water partition coefficient (Wildman–Crippen LogP) is 3.01. The number of hydrogen-bond donors (Lipinski definition) is 0. The largest absolute Gasteiger partial charge is 0.336 e. The summed E-state index contributed by atoms with van der Waals surface area (Å²) in [4.78, 5) is 17.1. The third-order valence-electron chi connectivity index (χ3n) is 5.34. The van der Waals surface area contributed by atoms with Gasteiger partial charge in [-0.3, -0.25) is 9.69 Å². The van der Waals surface area contributed by atoms with Crippen molar-refractivity contribution in [3.8, 4) is 11.8 Å². The summed E-state index contributed by atoms with van der Waals surface area (Å²) < 4.78 is 1.86. The van der Waals surface area contributed by atoms with E-state index in [1.165, 1.54) is 5.56 Å². The van der Waals surface area contributed by atoms with Gasteiger partial charge in [-0.15, -0.1) is 0 Å². The zero-order valence-electron chi connectivity index (χ0n) is 16.5. The Kier molecular flexibility index (Phi) is 5.41. The number of piperazine rings is 1. The molecule has 0 atom stereocenters. The molecule has 0 radical (unpaired) electrons. The van der Waals surface area contributed by atoms with Crippen molar-refractivity contribution in [1.82, 2.24) is 19.6 Å². The van der Waals surface area contributed by atoms with Crippen LogP contribution in [0.25, 0.3) is 5.69 Å². The maximum absolute atomic E-state index is 12.9. The highest BCUT2D eigenvalue weighted by Crippen LogP contribution is 2.15. The molecule has 1 saturated heterocycles. The van der Waals surface area contributed by atoms with Crippen molar-refractivity contribution in [3.63, 3.8) is 0 Å². The fraction of sp³-hybridized carbons (Fsp3) is 0.261. The van der Waals surface area contributed by atoms with E-state index in [1.807, 2.05) is 71.1 Å². The van der Waals surface area contributed by atoms with Crippen molar-refractivity contribution in [2.24, 2.45) is 0 Å². The van der Waals surface area contributed by atoms with Gasteiger partial charge in [0.1, 0.15) is 0 Å². The first kappa shape index (κ1) is 18.9. The van der Waals surface area contributed by atoms with Gasteiger partial charge < -0.3 is 4.90 Å². The summed E-state index contributed by atoms with van der Waals surface area (Å²) in [5, 5.41) is 13.2. The van der Waals surface area contributed by atoms with E-state index in [0.717, 1.165) is 44.1 Å². The lowest BCUT2D eigenvalue weighted by Crippen LogP contribution is -2.48. The highest BCUT2D eigenvalue weighted by Gasteiger charge is 2.22. The summed E-state index contributed by atoms with van der Waals surface area (Å²) in [7, 11) is 0. The van der Waals surface area contributed by atoms with E-state index < -0.39 is 0 Å². The third-order valence-corrected chi connectivity index (χ3v) is 5.34. The molecule has 146 valence electrons. The molecule has 1 aliphatic rings. The molecule has 6 heteroatoms. The molecule has 1 fully saturated rings. The summed E-state index contributed by atoms with van der Waals surface area (Å²) in [6.07, 6.45) is 1.77. The van der Waals surface area contributed by atoms with Crippen LogP contribution in [-0.2, 0) is 6.54 Å². The smallest absolute Gasteiger partial charge is 0.253 e. The first-order valence-corrected chi connectivity index (χ1v) is 9.76. The van der Waals surface area contributed by atoms with Crippen LogP contribution in [-0.4, -0.2) is 51.7 Å². The highest BCUT2D eigenvalue weighted by molar-refractivity contribution is 5.94. The number of carbonyl (C=O) groups excluding carboxylic acids is 1. The summed E-state index contributed by atoms with van der Waals surface area (Å²) in [6.45, 7) is 5.96. The molecule has 3 aromatic rings. The Morgan fingerprint density at radius 3 is 2.28 bits per heavy atom. The number of aromatic nitrogens is 2. The number of hydrogen-bond acceptors (Lipinski definition) is 4. The van der Waals surface area contributed by atoms with E-state index in [4.69, 9.17) is 5.26 Å². The molecule has 1 aliphatic heterocycles. The second-order valence-corrected chi connectivity index (χ2v) is 7.31. The van der Waals surface area contributed by atoms with Gasteiger partial charge in [0.25, 0.3) is 5.91 Å². The Morgan fingerprint density at radius 2 is 1.69 bits per heavy atom. The van der Waals surface area contributed by atoms with E-state index in [-0.39, 0.29) is 5.91 Å². The molecule has 6 nitrogen and oxygen atoms in total. The van der Waals surface area contributed by atoms with E-state index in [9.17, 15) is 4.79 Å². The van der Waals surface area contributed by atoms with Crippen molar-refractivity contribution in [3.05, 3.63) is 83.2 Å². The number of rotatable bonds is 4. The SMILES string of the molecule is Cc1ccnn1-c1ccc(C(=O)N2CCN(Cc3ccc(C#N)cc3)CC2)cc1. The van der Waals surface area contributed by atoms with Crippen molar-refractivity contribution < 1.29 is 4.79 Å². The van der Waals surface area contributed by atoms with Crippen LogP contribution in [0.3, 0.4) is 0 Å². The van der Waals surface area contributed by atoms with Gasteiger partial charge in [0.15, 0.2) is 0 Å². The molecular formula is C23H23N5O. The number of amides is 1. The number of carbonyl (C=O) groups is 1. The molecule has 0 bridgehead atoms. The zero-order chi connectivity index (χ0) is 20.2. The molecule has 0 N–H and O–H groups in total. The molecule has 4 rings (SSSR count). The Balaban J connectivity index is 1.34. The lowest BCUT2D eigenvalue weighted by Gasteiger charge is -2.34. The topological polar surface area (TPSA) is 65.2 Å². The van der Waals surface area contributed by atoms with Gasteiger partial charge in [-0.05, 0) is 55.0 Å². The lowest BCUT2D eigenvalue weighted by atomic mass is 10.1. The van der Waals surface area contributed by atoms with Gasteiger partial charge in [-0.1, -0.05) is 12.1 Å². The van der Waals surface area contributed by atoms with Crippen molar-refractivity contribution in [2.45, 2.75) is 13.5 Å². The second kappa shape index (κ2) is 8.29. The lowest BCUT2D eigenvalue weighted by molar-refractivity contribution is 0.0628. The van der Waals surface area contributed by atoms with Crippen molar-refractivity contribution in [2.75, 3.05) is 26.2 Å². The van der Waals surface area contributed by atoms with Gasteiger partial charge >= 0.3 is 0 Å². The summed E-state index contributed by atoms with van der Waals surface area (Å²) in [5.41, 5.74) is 4.59. The van der Waals surface area contributed by atoms with Crippen LogP contribution >= 0.6 is 0 Å². The summed E-state index contributed by atoms with van der Waals surface area (Å²) in [5.74, 6) is 0.0757. The van der Waals surface area contributed by atoms with Crippen molar-refractivity contribution >= 4 is 5.91 Å². The molecule has 0 spiro atoms. The third kappa shape index (κ3) is 4.20. The van der Waals surface area contributed by atoms with E-state index in [1.54, 1.807) is 6.20 Å². The number of aryl methyl sites for hydroxylation is 1. The molecule has 29 heavy (non-hydrogen) atoms. The molecule has 1 amide bonds. The minimum absolute atomic E-state index is 0.0757. The van der Waals surface area contributed by atoms with Crippen LogP contribution in [0.15, 0.2) is 60.8 Å². The van der Waals surface area contributed by atoms with Gasteiger partial charge in [-0.2, -0.15) is 10.4 Å². The average molecular weight is 385 g/mol. The highest BCUT2D eigenvalue weighted by atomic mass is 16.2. The van der Waals surface area contributed by atoms with Gasteiger partial charge in [0.05, 0.1) is 17.3 Å². The molecule has 0 unspecified atom stereocenters. The molecule has 0 saturated carbocycles. The van der Waals surface area contributed by atoms with Crippen LogP contribution in [0, 0.1) is 18.3 Å². The van der Waals surface area contributed by atoms with E-state index in [0.29, 0.717) is 11.1 Å². The van der Waals surface area contributed by atoms with Gasteiger partial charge in [-0.25, -0.2) is 4.68 Å². The van der Waals surface area contributed by atoms with Crippen LogP contribution in [0.4, 0.5) is 0 Å². The minimum Gasteiger partial charge on any atom is -0.336 e. The van der Waals surface area contributed by atoms with Gasteiger partial charge in [0.2, 0.25) is 0 Å². The Labute approximate surface area is 170 Å². The quantitative estimate of drug-likeness (QED) is 0.693. The predicted molar refractivity (Wildman–Crippen MR) is 111 cm³/mol. The maximum Gasteiger partial charge on any atom is 0.253 e. The Hall–Kier alpha value is -3.43. The normalized spacial score (nSPS) is 14.6. The summed E-state index contributed by atoms with van der Waals surface area (Å²) in [6, 6.07) is 19.4. The van der Waals surface area contributed by atoms with E-state index in [2.05, 4.69) is 16.1 Å². The van der Waals surface area contributed by atoms with Gasteiger partial charge in [0, 0.05) is 50.2 Å². The molecule has 2 aromatic carbocycles. The zero-order valence-corrected chi connectivity index (χ0v) is 16.5. The Morgan fingerprint density at radius 1 is 1.00 bits per heavy atom. The van der Waals surface area contributed by atoms with Crippen LogP contribution in [0.1, 0.15) is 27.2 Å². The summed E-state index contributed by atoms with van der Waals surface area (Å²) >= 11 is 0. The van der Waals surface area contributed by atoms with Crippen LogP contribution < -0.4 is 0 Å². The number of nitriles is 1. The standard InChI is InChI=1S/C23H23N5O/c1-18-10-11-25-28(18)22-8-6-21(7-9-22)23(29)27-14-12-26(13-15-27)17-20-4-2-19(16-24)3-5-20/h2-11H,12-15,17H2,1H3. The first-order chi connectivity index (χ1) is 14.1. The monoisotopic (exact) mass is 385 g/mol. The fourth-order valence-corrected chi connectivity index (χ4v) is 3.62. The molecule has 1 aromatic heterocycles. The van der Waals surface area contributed by atoms with Crippen molar-refractivity contribution in [1.29, 1.82) is 5.26 Å². The van der Waals surface area contributed by atoms with E-state index >= 15 is 0 Å². The van der Waals surface area contributed by atoms with Crippen LogP contribution in [0.2, 0.25) is 0 Å². The first-order valence-electron chi connectivity index (χ1n) is 9.76. The second-order valence-electron chi connectivity index (χ2n) is 7.31. The molecule has 2 heterocycles. The number of nitrogens with zero attached hydrogens (tertiary/aromatic N) is 5. The Bertz CT molecular complexity index is 1020. The molecular weight excluding hydrogens is 362 g/mol. The average Bonchev–Trinajstić information content (AvgIpc) is 3.20. The van der Waals surface area contributed by atoms with Crippen LogP contribution in [0.5, 0.6) is 0 Å². The number of benzene rings is 2.